The van der Waals surface area contributed by atoms with Crippen molar-refractivity contribution in [1.82, 2.24) is 9.97 Å². The number of methoxy groups -OCH3 is 1. The minimum atomic E-state index is -0.493. The summed E-state index contributed by atoms with van der Waals surface area (Å²) in [5, 5.41) is 9.97. The largest absolute Gasteiger partial charge is 0.481 e. The highest BCUT2D eigenvalue weighted by atomic mass is 19.1. The van der Waals surface area contributed by atoms with E-state index in [2.05, 4.69) is 9.97 Å². The Labute approximate surface area is 122 Å². The van der Waals surface area contributed by atoms with Gasteiger partial charge in [0.2, 0.25) is 11.8 Å². The van der Waals surface area contributed by atoms with E-state index in [0.29, 0.717) is 24.8 Å². The molecule has 0 saturated carbocycles. The van der Waals surface area contributed by atoms with Crippen molar-refractivity contribution >= 4 is 5.95 Å². The summed E-state index contributed by atoms with van der Waals surface area (Å²) < 4.78 is 18.5. The van der Waals surface area contributed by atoms with Gasteiger partial charge in [0, 0.05) is 18.8 Å². The summed E-state index contributed by atoms with van der Waals surface area (Å²) in [6, 6.07) is 7.91. The van der Waals surface area contributed by atoms with Crippen LogP contribution in [0.25, 0.3) is 0 Å². The van der Waals surface area contributed by atoms with Crippen LogP contribution in [0.2, 0.25) is 0 Å². The van der Waals surface area contributed by atoms with Gasteiger partial charge in [-0.15, -0.1) is 0 Å². The Hall–Kier alpha value is -2.21. The lowest BCUT2D eigenvalue weighted by Crippen LogP contribution is -2.26. The Balaban J connectivity index is 1.95. The third-order valence-electron chi connectivity index (χ3n) is 3.60. The molecule has 1 N–H and O–H groups in total. The summed E-state index contributed by atoms with van der Waals surface area (Å²) in [6.45, 7) is 0.411. The number of hydrogen-bond acceptors (Lipinski definition) is 5. The Morgan fingerprint density at radius 1 is 1.38 bits per heavy atom. The summed E-state index contributed by atoms with van der Waals surface area (Å²) in [5.41, 5.74) is 0.804. The monoisotopic (exact) mass is 289 g/mol. The number of ether oxygens (including phenoxy) is 1. The number of benzene rings is 1. The summed E-state index contributed by atoms with van der Waals surface area (Å²) in [4.78, 5) is 10.4. The third kappa shape index (κ3) is 2.80. The molecule has 110 valence electrons. The second-order valence-corrected chi connectivity index (χ2v) is 5.01. The van der Waals surface area contributed by atoms with E-state index in [9.17, 15) is 9.50 Å². The first-order valence-corrected chi connectivity index (χ1v) is 6.74. The molecule has 1 aliphatic heterocycles. The van der Waals surface area contributed by atoms with Crippen LogP contribution in [0.3, 0.4) is 0 Å². The van der Waals surface area contributed by atoms with Crippen LogP contribution in [0.5, 0.6) is 5.88 Å². The van der Waals surface area contributed by atoms with Crippen molar-refractivity contribution in [2.75, 3.05) is 18.6 Å². The van der Waals surface area contributed by atoms with Gasteiger partial charge in [0.1, 0.15) is 5.82 Å². The molecule has 2 atom stereocenters. The standard InChI is InChI=1S/C15H16FN3O2/c1-21-14-5-6-17-15(18-14)19-9-12(20)8-13(19)10-3-2-4-11(16)7-10/h2-7,12-13,20H,8-9H2,1H3/t12-,13+/m1/s1. The Kier molecular flexibility index (Phi) is 3.70. The molecular formula is C15H16FN3O2. The van der Waals surface area contributed by atoms with Gasteiger partial charge < -0.3 is 14.7 Å². The van der Waals surface area contributed by atoms with Crippen LogP contribution in [-0.4, -0.2) is 34.8 Å². The maximum Gasteiger partial charge on any atom is 0.229 e. The van der Waals surface area contributed by atoms with Crippen molar-refractivity contribution in [2.45, 2.75) is 18.6 Å². The van der Waals surface area contributed by atoms with Gasteiger partial charge >= 0.3 is 0 Å². The first-order valence-electron chi connectivity index (χ1n) is 6.74. The molecule has 1 saturated heterocycles. The molecule has 6 heteroatoms. The lowest BCUT2D eigenvalue weighted by molar-refractivity contribution is 0.194. The molecule has 0 radical (unpaired) electrons. The Bertz CT molecular complexity index is 638. The van der Waals surface area contributed by atoms with Crippen molar-refractivity contribution in [3.63, 3.8) is 0 Å². The molecule has 2 heterocycles. The summed E-state index contributed by atoms with van der Waals surface area (Å²) in [7, 11) is 1.54. The highest BCUT2D eigenvalue weighted by Crippen LogP contribution is 2.35. The molecule has 2 aromatic rings. The first kappa shape index (κ1) is 13.8. The average Bonchev–Trinajstić information content (AvgIpc) is 2.89. The van der Waals surface area contributed by atoms with E-state index in [1.54, 1.807) is 18.3 Å². The van der Waals surface area contributed by atoms with Crippen LogP contribution in [0.1, 0.15) is 18.0 Å². The van der Waals surface area contributed by atoms with Crippen LogP contribution in [0.4, 0.5) is 10.3 Å². The predicted molar refractivity (Wildman–Crippen MR) is 75.7 cm³/mol. The summed E-state index contributed by atoms with van der Waals surface area (Å²) in [6.07, 6.45) is 1.63. The molecule has 5 nitrogen and oxygen atoms in total. The number of nitrogens with zero attached hydrogens (tertiary/aromatic N) is 3. The van der Waals surface area contributed by atoms with E-state index in [4.69, 9.17) is 4.74 Å². The third-order valence-corrected chi connectivity index (χ3v) is 3.60. The minimum absolute atomic E-state index is 0.150. The smallest absolute Gasteiger partial charge is 0.229 e. The van der Waals surface area contributed by atoms with E-state index in [1.807, 2.05) is 11.0 Å². The van der Waals surface area contributed by atoms with Gasteiger partial charge in [-0.1, -0.05) is 12.1 Å². The van der Waals surface area contributed by atoms with Crippen LogP contribution < -0.4 is 9.64 Å². The molecule has 0 aliphatic carbocycles. The van der Waals surface area contributed by atoms with Crippen molar-refractivity contribution in [1.29, 1.82) is 0 Å². The number of halogens is 1. The van der Waals surface area contributed by atoms with E-state index in [-0.39, 0.29) is 11.9 Å². The maximum absolute atomic E-state index is 13.4. The van der Waals surface area contributed by atoms with Gasteiger partial charge in [0.15, 0.2) is 0 Å². The minimum Gasteiger partial charge on any atom is -0.481 e. The molecular weight excluding hydrogens is 273 g/mol. The summed E-state index contributed by atoms with van der Waals surface area (Å²) in [5.74, 6) is 0.639. The number of anilines is 1. The van der Waals surface area contributed by atoms with Gasteiger partial charge in [-0.05, 0) is 24.1 Å². The van der Waals surface area contributed by atoms with Crippen LogP contribution in [0, 0.1) is 5.82 Å². The van der Waals surface area contributed by atoms with Gasteiger partial charge in [-0.3, -0.25) is 0 Å². The van der Waals surface area contributed by atoms with Crippen LogP contribution in [-0.2, 0) is 0 Å². The Morgan fingerprint density at radius 3 is 3.00 bits per heavy atom. The second-order valence-electron chi connectivity index (χ2n) is 5.01. The number of aliphatic hydroxyl groups is 1. The number of aromatic nitrogens is 2. The first-order chi connectivity index (χ1) is 10.2. The van der Waals surface area contributed by atoms with Gasteiger partial charge in [0.05, 0.1) is 19.3 Å². The molecule has 1 aromatic heterocycles. The fourth-order valence-corrected chi connectivity index (χ4v) is 2.65. The number of rotatable bonds is 3. The normalized spacial score (nSPS) is 21.6. The Morgan fingerprint density at radius 2 is 2.24 bits per heavy atom. The number of hydrogen-bond donors (Lipinski definition) is 1. The van der Waals surface area contributed by atoms with Crippen LogP contribution in [0.15, 0.2) is 36.5 Å². The molecule has 0 amide bonds. The number of β-amino-alcohol motifs (C(OH)–C–C–N with tert-alkyl or cyclic N) is 1. The molecule has 3 rings (SSSR count). The van der Waals surface area contributed by atoms with Crippen molar-refractivity contribution < 1.29 is 14.2 Å². The molecule has 1 aromatic carbocycles. The maximum atomic E-state index is 13.4. The fourth-order valence-electron chi connectivity index (χ4n) is 2.65. The predicted octanol–water partition coefficient (Wildman–Crippen LogP) is 1.94. The topological polar surface area (TPSA) is 58.5 Å². The zero-order chi connectivity index (χ0) is 14.8. The van der Waals surface area contributed by atoms with Gasteiger partial charge in [0.25, 0.3) is 0 Å². The molecule has 1 fully saturated rings. The number of aliphatic hydroxyl groups excluding tert-OH is 1. The highest BCUT2D eigenvalue weighted by Gasteiger charge is 2.34. The van der Waals surface area contributed by atoms with Crippen molar-refractivity contribution in [3.05, 3.63) is 47.9 Å². The van der Waals surface area contributed by atoms with Crippen LogP contribution >= 0.6 is 0 Å². The quantitative estimate of drug-likeness (QED) is 0.935. The van der Waals surface area contributed by atoms with E-state index < -0.39 is 6.10 Å². The highest BCUT2D eigenvalue weighted by molar-refractivity contribution is 5.40. The molecule has 21 heavy (non-hydrogen) atoms. The zero-order valence-electron chi connectivity index (χ0n) is 11.6. The van der Waals surface area contributed by atoms with Gasteiger partial charge in [-0.2, -0.15) is 4.98 Å². The van der Waals surface area contributed by atoms with E-state index in [1.165, 1.54) is 19.2 Å². The van der Waals surface area contributed by atoms with Crippen molar-refractivity contribution in [3.8, 4) is 5.88 Å². The van der Waals surface area contributed by atoms with Gasteiger partial charge in [-0.25, -0.2) is 9.37 Å². The molecule has 0 unspecified atom stereocenters. The lowest BCUT2D eigenvalue weighted by Gasteiger charge is -2.24. The second kappa shape index (κ2) is 5.65. The molecule has 0 spiro atoms. The van der Waals surface area contributed by atoms with Crippen molar-refractivity contribution in [2.24, 2.45) is 0 Å². The molecule has 0 bridgehead atoms. The average molecular weight is 289 g/mol. The fraction of sp³-hybridized carbons (Fsp3) is 0.333. The molecule has 1 aliphatic rings. The van der Waals surface area contributed by atoms with E-state index in [0.717, 1.165) is 5.56 Å². The summed E-state index contributed by atoms with van der Waals surface area (Å²) >= 11 is 0. The lowest BCUT2D eigenvalue weighted by atomic mass is 10.0. The van der Waals surface area contributed by atoms with E-state index >= 15 is 0 Å². The SMILES string of the molecule is COc1ccnc(N2C[C@H](O)C[C@H]2c2cccc(F)c2)n1. The zero-order valence-corrected chi connectivity index (χ0v) is 11.6.